The number of aromatic nitrogens is 3. The Morgan fingerprint density at radius 1 is 1.80 bits per heavy atom. The van der Waals surface area contributed by atoms with Gasteiger partial charge in [0.2, 0.25) is 0 Å². The standard InChI is InChI=1S/C11H16FN5O3/c1-3-4-11(17(19)20)15(2)6-9-7-16(14-13-9)10(5-12)8-18/h3-4,7,10,18H,1,5-6,8H2,2H3. The van der Waals surface area contributed by atoms with Crippen LogP contribution in [0.25, 0.3) is 0 Å². The van der Waals surface area contributed by atoms with Crippen molar-refractivity contribution in [3.05, 3.63) is 46.6 Å². The van der Waals surface area contributed by atoms with Gasteiger partial charge in [-0.15, -0.1) is 5.10 Å². The van der Waals surface area contributed by atoms with E-state index in [2.05, 4.69) is 16.9 Å². The average molecular weight is 285 g/mol. The van der Waals surface area contributed by atoms with Gasteiger partial charge in [0.1, 0.15) is 25.0 Å². The highest BCUT2D eigenvalue weighted by atomic mass is 19.1. The second-order valence-electron chi connectivity index (χ2n) is 4.05. The first kappa shape index (κ1) is 15.8. The molecule has 8 nitrogen and oxygen atoms in total. The van der Waals surface area contributed by atoms with E-state index in [1.165, 1.54) is 35.0 Å². The Balaban J connectivity index is 2.80. The van der Waals surface area contributed by atoms with Crippen LogP contribution in [0.2, 0.25) is 0 Å². The van der Waals surface area contributed by atoms with Crippen molar-refractivity contribution in [1.29, 1.82) is 0 Å². The van der Waals surface area contributed by atoms with Crippen LogP contribution in [0, 0.1) is 10.1 Å². The smallest absolute Gasteiger partial charge is 0.318 e. The number of allylic oxidation sites excluding steroid dienone is 2. The summed E-state index contributed by atoms with van der Waals surface area (Å²) < 4.78 is 13.8. The monoisotopic (exact) mass is 285 g/mol. The maximum atomic E-state index is 12.6. The van der Waals surface area contributed by atoms with Crippen LogP contribution < -0.4 is 0 Å². The van der Waals surface area contributed by atoms with Gasteiger partial charge in [-0.05, 0) is 4.92 Å². The molecule has 0 amide bonds. The molecule has 110 valence electrons. The quantitative estimate of drug-likeness (QED) is 0.425. The third-order valence-electron chi connectivity index (χ3n) is 2.56. The molecule has 0 aliphatic heterocycles. The Kier molecular flexibility index (Phi) is 5.78. The highest BCUT2D eigenvalue weighted by molar-refractivity contribution is 5.04. The van der Waals surface area contributed by atoms with Crippen molar-refractivity contribution < 1.29 is 14.4 Å². The van der Waals surface area contributed by atoms with E-state index in [1.807, 2.05) is 0 Å². The van der Waals surface area contributed by atoms with E-state index in [0.717, 1.165) is 0 Å². The molecule has 20 heavy (non-hydrogen) atoms. The average Bonchev–Trinajstić information content (AvgIpc) is 2.85. The number of rotatable bonds is 8. The highest BCUT2D eigenvalue weighted by Gasteiger charge is 2.19. The maximum absolute atomic E-state index is 12.6. The summed E-state index contributed by atoms with van der Waals surface area (Å²) in [4.78, 5) is 11.7. The van der Waals surface area contributed by atoms with Crippen LogP contribution in [0.15, 0.2) is 30.7 Å². The Labute approximate surface area is 115 Å². The van der Waals surface area contributed by atoms with Gasteiger partial charge in [0, 0.05) is 6.08 Å². The number of halogens is 1. The summed E-state index contributed by atoms with van der Waals surface area (Å²) in [6.45, 7) is 2.37. The fourth-order valence-electron chi connectivity index (χ4n) is 1.52. The van der Waals surface area contributed by atoms with Crippen molar-refractivity contribution >= 4 is 0 Å². The number of aliphatic hydroxyl groups excluding tert-OH is 1. The molecule has 0 bridgehead atoms. The molecule has 1 heterocycles. The summed E-state index contributed by atoms with van der Waals surface area (Å²) in [6.07, 6.45) is 4.03. The second kappa shape index (κ2) is 7.34. The molecule has 1 atom stereocenters. The minimum Gasteiger partial charge on any atom is -0.394 e. The fourth-order valence-corrected chi connectivity index (χ4v) is 1.52. The van der Waals surface area contributed by atoms with Crippen molar-refractivity contribution in [1.82, 2.24) is 19.9 Å². The zero-order chi connectivity index (χ0) is 15.1. The number of nitro groups is 1. The molecule has 0 saturated heterocycles. The van der Waals surface area contributed by atoms with Crippen LogP contribution in [-0.2, 0) is 6.54 Å². The van der Waals surface area contributed by atoms with Crippen LogP contribution in [-0.4, -0.2) is 50.3 Å². The van der Waals surface area contributed by atoms with Gasteiger partial charge in [0.25, 0.3) is 0 Å². The van der Waals surface area contributed by atoms with Gasteiger partial charge in [0.05, 0.1) is 19.9 Å². The lowest BCUT2D eigenvalue weighted by Gasteiger charge is -2.12. The molecule has 0 radical (unpaired) electrons. The molecule has 0 saturated carbocycles. The van der Waals surface area contributed by atoms with Crippen LogP contribution in [0.1, 0.15) is 11.7 Å². The van der Waals surface area contributed by atoms with Crippen molar-refractivity contribution in [2.45, 2.75) is 12.6 Å². The maximum Gasteiger partial charge on any atom is 0.318 e. The van der Waals surface area contributed by atoms with E-state index < -0.39 is 24.2 Å². The van der Waals surface area contributed by atoms with E-state index in [0.29, 0.717) is 5.69 Å². The van der Waals surface area contributed by atoms with E-state index in [9.17, 15) is 14.5 Å². The molecule has 1 N–H and O–H groups in total. The molecule has 0 aliphatic carbocycles. The minimum atomic E-state index is -0.791. The SMILES string of the molecule is C=CC=C(N(C)Cc1cn(C(CO)CF)nn1)[N+](=O)[O-]. The summed E-state index contributed by atoms with van der Waals surface area (Å²) in [5.74, 6) is -0.140. The van der Waals surface area contributed by atoms with Crippen molar-refractivity contribution in [3.63, 3.8) is 0 Å². The molecule has 0 aromatic carbocycles. The van der Waals surface area contributed by atoms with Gasteiger partial charge >= 0.3 is 5.82 Å². The van der Waals surface area contributed by atoms with E-state index in [4.69, 9.17) is 5.11 Å². The molecule has 0 fully saturated rings. The lowest BCUT2D eigenvalue weighted by Crippen LogP contribution is -2.22. The molecule has 0 aliphatic rings. The van der Waals surface area contributed by atoms with Gasteiger partial charge in [0.15, 0.2) is 0 Å². The van der Waals surface area contributed by atoms with Crippen LogP contribution in [0.5, 0.6) is 0 Å². The summed E-state index contributed by atoms with van der Waals surface area (Å²) in [5, 5.41) is 27.3. The Hall–Kier alpha value is -2.29. The first-order chi connectivity index (χ1) is 9.53. The molecule has 1 aromatic rings. The number of hydrogen-bond acceptors (Lipinski definition) is 6. The predicted octanol–water partition coefficient (Wildman–Crippen LogP) is 0.517. The topological polar surface area (TPSA) is 97.3 Å². The molecule has 9 heteroatoms. The van der Waals surface area contributed by atoms with E-state index in [1.54, 1.807) is 0 Å². The third-order valence-corrected chi connectivity index (χ3v) is 2.56. The van der Waals surface area contributed by atoms with Gasteiger partial charge in [-0.2, -0.15) is 0 Å². The molecule has 1 rings (SSSR count). The number of hydrogen-bond donors (Lipinski definition) is 1. The Bertz CT molecular complexity index is 498. The molecular weight excluding hydrogens is 269 g/mol. The Morgan fingerprint density at radius 2 is 2.50 bits per heavy atom. The van der Waals surface area contributed by atoms with Crippen LogP contribution >= 0.6 is 0 Å². The van der Waals surface area contributed by atoms with Crippen molar-refractivity contribution in [2.75, 3.05) is 20.3 Å². The molecular formula is C11H16FN5O3. The first-order valence-electron chi connectivity index (χ1n) is 5.79. The molecule has 0 spiro atoms. The zero-order valence-corrected chi connectivity index (χ0v) is 11.0. The van der Waals surface area contributed by atoms with E-state index >= 15 is 0 Å². The summed E-state index contributed by atoms with van der Waals surface area (Å²) >= 11 is 0. The van der Waals surface area contributed by atoms with Crippen LogP contribution in [0.3, 0.4) is 0 Å². The zero-order valence-electron chi connectivity index (χ0n) is 11.0. The fraction of sp³-hybridized carbons (Fsp3) is 0.455. The van der Waals surface area contributed by atoms with Gasteiger partial charge in [-0.25, -0.2) is 9.07 Å². The third kappa shape index (κ3) is 3.85. The summed E-state index contributed by atoms with van der Waals surface area (Å²) in [7, 11) is 1.52. The van der Waals surface area contributed by atoms with Gasteiger partial charge in [-0.3, -0.25) is 4.90 Å². The molecule has 1 aromatic heterocycles. The van der Waals surface area contributed by atoms with E-state index in [-0.39, 0.29) is 12.4 Å². The normalized spacial score (nSPS) is 13.1. The van der Waals surface area contributed by atoms with Crippen molar-refractivity contribution in [3.8, 4) is 0 Å². The molecule has 1 unspecified atom stereocenters. The first-order valence-corrected chi connectivity index (χ1v) is 5.79. The second-order valence-corrected chi connectivity index (χ2v) is 4.05. The summed E-state index contributed by atoms with van der Waals surface area (Å²) in [6, 6.07) is -0.791. The lowest BCUT2D eigenvalue weighted by atomic mass is 10.3. The summed E-state index contributed by atoms with van der Waals surface area (Å²) in [5.41, 5.74) is 0.427. The highest BCUT2D eigenvalue weighted by Crippen LogP contribution is 2.10. The van der Waals surface area contributed by atoms with Crippen molar-refractivity contribution in [2.24, 2.45) is 0 Å². The number of alkyl halides is 1. The lowest BCUT2D eigenvalue weighted by molar-refractivity contribution is -0.445. The van der Waals surface area contributed by atoms with Gasteiger partial charge < -0.3 is 15.2 Å². The number of nitrogens with zero attached hydrogens (tertiary/aromatic N) is 5. The minimum absolute atomic E-state index is 0.130. The van der Waals surface area contributed by atoms with Crippen LogP contribution in [0.4, 0.5) is 4.39 Å². The van der Waals surface area contributed by atoms with Gasteiger partial charge in [-0.1, -0.05) is 17.9 Å². The predicted molar refractivity (Wildman–Crippen MR) is 68.9 cm³/mol. The number of aliphatic hydroxyl groups is 1. The largest absolute Gasteiger partial charge is 0.394 e. The Morgan fingerprint density at radius 3 is 3.00 bits per heavy atom.